The first-order chi connectivity index (χ1) is 9.33. The van der Waals surface area contributed by atoms with Crippen molar-refractivity contribution in [3.8, 4) is 0 Å². The molecular weight excluding hydrogens is 282 g/mol. The van der Waals surface area contributed by atoms with Crippen molar-refractivity contribution in [2.45, 2.75) is 17.7 Å². The fraction of sp³-hybridized carbons (Fsp3) is 0.500. The number of ether oxygens (including phenoxy) is 2. The summed E-state index contributed by atoms with van der Waals surface area (Å²) in [6.07, 6.45) is 1.99. The van der Waals surface area contributed by atoms with E-state index in [2.05, 4.69) is 17.1 Å². The Morgan fingerprint density at radius 1 is 1.37 bits per heavy atom. The predicted octanol–water partition coefficient (Wildman–Crippen LogP) is 3.51. The van der Waals surface area contributed by atoms with Crippen molar-refractivity contribution in [3.63, 3.8) is 0 Å². The van der Waals surface area contributed by atoms with E-state index in [0.29, 0.717) is 6.79 Å². The van der Waals surface area contributed by atoms with Crippen molar-refractivity contribution < 1.29 is 9.47 Å². The van der Waals surface area contributed by atoms with Crippen molar-refractivity contribution in [2.75, 3.05) is 32.8 Å². The van der Waals surface area contributed by atoms with Gasteiger partial charge in [-0.25, -0.2) is 0 Å². The van der Waals surface area contributed by atoms with Gasteiger partial charge in [0.1, 0.15) is 6.79 Å². The normalized spacial score (nSPS) is 20.5. The molecule has 1 aliphatic rings. The molecule has 1 aliphatic heterocycles. The molecule has 1 atom stereocenters. The zero-order valence-corrected chi connectivity index (χ0v) is 12.8. The van der Waals surface area contributed by atoms with Crippen LogP contribution >= 0.6 is 22.5 Å². The van der Waals surface area contributed by atoms with Gasteiger partial charge in [0.25, 0.3) is 0 Å². The highest BCUT2D eigenvalue weighted by atomic mass is 35.5. The lowest BCUT2D eigenvalue weighted by molar-refractivity contribution is -0.0306. The molecule has 0 fully saturated rings. The van der Waals surface area contributed by atoms with Crippen LogP contribution in [0.3, 0.4) is 0 Å². The molecule has 0 N–H and O–H groups in total. The van der Waals surface area contributed by atoms with Gasteiger partial charge in [-0.2, -0.15) is 10.9 Å². The number of methoxy groups -OCH3 is 1. The van der Waals surface area contributed by atoms with E-state index in [1.807, 2.05) is 12.1 Å². The molecule has 0 aliphatic carbocycles. The molecule has 1 aromatic carbocycles. The Kier molecular flexibility index (Phi) is 6.17. The van der Waals surface area contributed by atoms with Crippen molar-refractivity contribution in [1.82, 2.24) is 0 Å². The molecule has 19 heavy (non-hydrogen) atoms. The standard InChI is InChI=1S/C14H20ClNO2S/c1-17-11-18-9-4-7-14-16-8-10-19(14)13-6-3-2-5-12(13)15/h2-3,5-6,19H,4,7-11H2,1H3. The van der Waals surface area contributed by atoms with Crippen LogP contribution < -0.4 is 0 Å². The summed E-state index contributed by atoms with van der Waals surface area (Å²) in [5.74, 6) is 1.13. The number of thiol groups is 1. The highest BCUT2D eigenvalue weighted by Crippen LogP contribution is 2.45. The third-order valence-corrected chi connectivity index (χ3v) is 6.03. The third kappa shape index (κ3) is 4.21. The van der Waals surface area contributed by atoms with Gasteiger partial charge in [0.2, 0.25) is 0 Å². The quantitative estimate of drug-likeness (QED) is 0.474. The summed E-state index contributed by atoms with van der Waals surface area (Å²) < 4.78 is 10.2. The summed E-state index contributed by atoms with van der Waals surface area (Å²) in [5, 5.41) is 2.20. The largest absolute Gasteiger partial charge is 0.359 e. The lowest BCUT2D eigenvalue weighted by atomic mass is 10.3. The number of benzene rings is 1. The van der Waals surface area contributed by atoms with E-state index in [-0.39, 0.29) is 10.9 Å². The Labute approximate surface area is 122 Å². The van der Waals surface area contributed by atoms with Gasteiger partial charge in [-0.3, -0.25) is 4.99 Å². The summed E-state index contributed by atoms with van der Waals surface area (Å²) in [7, 11) is 1.32. The summed E-state index contributed by atoms with van der Waals surface area (Å²) in [4.78, 5) is 5.92. The van der Waals surface area contributed by atoms with E-state index in [0.717, 1.165) is 36.8 Å². The smallest absolute Gasteiger partial charge is 0.146 e. The van der Waals surface area contributed by atoms with E-state index < -0.39 is 0 Å². The van der Waals surface area contributed by atoms with Crippen LogP contribution in [-0.2, 0) is 9.47 Å². The van der Waals surface area contributed by atoms with Crippen molar-refractivity contribution in [2.24, 2.45) is 4.99 Å². The van der Waals surface area contributed by atoms with Crippen LogP contribution in [0.4, 0.5) is 0 Å². The van der Waals surface area contributed by atoms with Crippen LogP contribution in [0, 0.1) is 0 Å². The molecule has 0 radical (unpaired) electrons. The molecule has 0 spiro atoms. The van der Waals surface area contributed by atoms with E-state index in [1.54, 1.807) is 7.11 Å². The maximum absolute atomic E-state index is 6.29. The number of halogens is 1. The minimum absolute atomic E-state index is 0.318. The average molecular weight is 302 g/mol. The lowest BCUT2D eigenvalue weighted by Gasteiger charge is -2.19. The van der Waals surface area contributed by atoms with Crippen LogP contribution in [0.25, 0.3) is 0 Å². The molecule has 3 nitrogen and oxygen atoms in total. The van der Waals surface area contributed by atoms with Gasteiger partial charge >= 0.3 is 0 Å². The number of rotatable bonds is 7. The Balaban J connectivity index is 1.89. The average Bonchev–Trinajstić information content (AvgIpc) is 2.87. The van der Waals surface area contributed by atoms with Crippen molar-refractivity contribution in [1.29, 1.82) is 0 Å². The fourth-order valence-corrected chi connectivity index (χ4v) is 4.93. The zero-order valence-electron chi connectivity index (χ0n) is 11.1. The Bertz CT molecular complexity index is 439. The molecule has 2 rings (SSSR count). The first-order valence-corrected chi connectivity index (χ1v) is 8.35. The molecule has 1 unspecified atom stereocenters. The zero-order chi connectivity index (χ0) is 13.5. The van der Waals surface area contributed by atoms with Crippen LogP contribution in [0.5, 0.6) is 0 Å². The van der Waals surface area contributed by atoms with Crippen molar-refractivity contribution in [3.05, 3.63) is 29.3 Å². The van der Waals surface area contributed by atoms with Crippen molar-refractivity contribution >= 4 is 27.5 Å². The van der Waals surface area contributed by atoms with Crippen LogP contribution in [0.15, 0.2) is 34.2 Å². The van der Waals surface area contributed by atoms with Gasteiger partial charge in [0.05, 0.1) is 10.1 Å². The van der Waals surface area contributed by atoms with Gasteiger partial charge in [0.15, 0.2) is 0 Å². The SMILES string of the molecule is COCOCCCC1=NCC[SH]1c1ccccc1Cl. The van der Waals surface area contributed by atoms with E-state index in [9.17, 15) is 0 Å². The van der Waals surface area contributed by atoms with Crippen LogP contribution in [0.2, 0.25) is 5.02 Å². The molecule has 0 saturated carbocycles. The fourth-order valence-electron chi connectivity index (χ4n) is 2.11. The van der Waals surface area contributed by atoms with E-state index in [4.69, 9.17) is 21.1 Å². The van der Waals surface area contributed by atoms with E-state index in [1.165, 1.54) is 9.94 Å². The topological polar surface area (TPSA) is 30.8 Å². The maximum atomic E-state index is 6.29. The van der Waals surface area contributed by atoms with Gasteiger partial charge in [-0.15, -0.1) is 0 Å². The first-order valence-electron chi connectivity index (χ1n) is 6.45. The van der Waals surface area contributed by atoms with E-state index >= 15 is 0 Å². The first kappa shape index (κ1) is 14.9. The second kappa shape index (κ2) is 7.90. The van der Waals surface area contributed by atoms with Gasteiger partial charge in [0, 0.05) is 30.9 Å². The number of nitrogens with zero attached hydrogens (tertiary/aromatic N) is 1. The highest BCUT2D eigenvalue weighted by molar-refractivity contribution is 8.30. The Hall–Kier alpha value is -0.550. The van der Waals surface area contributed by atoms with Crippen LogP contribution in [0.1, 0.15) is 12.8 Å². The molecule has 0 amide bonds. The minimum Gasteiger partial charge on any atom is -0.359 e. The number of aliphatic imine (C=N–C) groups is 1. The van der Waals surface area contributed by atoms with Gasteiger partial charge in [-0.1, -0.05) is 23.7 Å². The molecule has 0 aromatic heterocycles. The molecule has 1 aromatic rings. The number of hydrogen-bond acceptors (Lipinski definition) is 3. The molecule has 5 heteroatoms. The van der Waals surface area contributed by atoms with Gasteiger partial charge < -0.3 is 9.47 Å². The predicted molar refractivity (Wildman–Crippen MR) is 82.9 cm³/mol. The second-order valence-electron chi connectivity index (χ2n) is 4.32. The summed E-state index contributed by atoms with van der Waals surface area (Å²) >= 11 is 6.29. The van der Waals surface area contributed by atoms with Gasteiger partial charge in [-0.05, 0) is 25.0 Å². The molecule has 0 saturated heterocycles. The summed E-state index contributed by atoms with van der Waals surface area (Å²) in [6.45, 7) is 2.02. The molecular formula is C14H20ClNO2S. The maximum Gasteiger partial charge on any atom is 0.146 e. The molecule has 0 bridgehead atoms. The summed E-state index contributed by atoms with van der Waals surface area (Å²) in [5.41, 5.74) is 0. The monoisotopic (exact) mass is 301 g/mol. The third-order valence-electron chi connectivity index (χ3n) is 2.96. The Morgan fingerprint density at radius 3 is 3.00 bits per heavy atom. The Morgan fingerprint density at radius 2 is 2.21 bits per heavy atom. The minimum atomic E-state index is -0.318. The lowest BCUT2D eigenvalue weighted by Crippen LogP contribution is -2.03. The number of hydrogen-bond donors (Lipinski definition) is 1. The van der Waals surface area contributed by atoms with Crippen LogP contribution in [-0.4, -0.2) is 37.9 Å². The summed E-state index contributed by atoms with van der Waals surface area (Å²) in [6, 6.07) is 8.14. The molecule has 1 heterocycles. The second-order valence-corrected chi connectivity index (χ2v) is 7.03. The highest BCUT2D eigenvalue weighted by Gasteiger charge is 2.20. The molecule has 106 valence electrons.